The average molecular weight is 280 g/mol. The Kier molecular flexibility index (Phi) is 5.04. The molecule has 0 fully saturated rings. The van der Waals surface area contributed by atoms with Gasteiger partial charge in [-0.1, -0.05) is 29.8 Å². The van der Waals surface area contributed by atoms with Crippen molar-refractivity contribution in [3.8, 4) is 5.75 Å². The lowest BCUT2D eigenvalue weighted by Crippen LogP contribution is -2.07. The minimum atomic E-state index is -0.358. The molecule has 0 aliphatic rings. The van der Waals surface area contributed by atoms with Crippen LogP contribution in [0.5, 0.6) is 5.75 Å². The largest absolute Gasteiger partial charge is 0.492 e. The van der Waals surface area contributed by atoms with Gasteiger partial charge in [0.1, 0.15) is 11.6 Å². The highest BCUT2D eigenvalue weighted by atomic mass is 35.5. The zero-order chi connectivity index (χ0) is 13.5. The first-order valence-electron chi connectivity index (χ1n) is 6.12. The minimum absolute atomic E-state index is 0.302. The second-order valence-corrected chi connectivity index (χ2v) is 4.48. The van der Waals surface area contributed by atoms with Crippen LogP contribution in [0, 0.1) is 5.82 Å². The summed E-state index contributed by atoms with van der Waals surface area (Å²) in [5, 5.41) is 3.58. The lowest BCUT2D eigenvalue weighted by molar-refractivity contribution is 0.314. The van der Waals surface area contributed by atoms with Crippen LogP contribution in [0.15, 0.2) is 48.5 Å². The highest BCUT2D eigenvalue weighted by Crippen LogP contribution is 2.24. The molecule has 0 bridgehead atoms. The molecule has 2 aromatic carbocycles. The maximum Gasteiger partial charge on any atom is 0.138 e. The molecule has 0 amide bonds. The van der Waals surface area contributed by atoms with Crippen molar-refractivity contribution in [1.29, 1.82) is 0 Å². The molecular formula is C15H15ClFNO. The van der Waals surface area contributed by atoms with Gasteiger partial charge in [0.2, 0.25) is 0 Å². The van der Waals surface area contributed by atoms with Crippen LogP contribution < -0.4 is 10.1 Å². The van der Waals surface area contributed by atoms with E-state index in [-0.39, 0.29) is 5.82 Å². The van der Waals surface area contributed by atoms with E-state index in [1.807, 2.05) is 30.3 Å². The molecule has 0 saturated heterocycles. The van der Waals surface area contributed by atoms with E-state index in [1.54, 1.807) is 6.07 Å². The lowest BCUT2D eigenvalue weighted by Gasteiger charge is -2.09. The van der Waals surface area contributed by atoms with Crippen molar-refractivity contribution in [2.24, 2.45) is 0 Å². The summed E-state index contributed by atoms with van der Waals surface area (Å²) in [6, 6.07) is 14.1. The second kappa shape index (κ2) is 7.00. The van der Waals surface area contributed by atoms with E-state index < -0.39 is 0 Å². The Morgan fingerprint density at radius 1 is 1.11 bits per heavy atom. The van der Waals surface area contributed by atoms with Crippen LogP contribution in [-0.4, -0.2) is 13.2 Å². The Bertz CT molecular complexity index is 519. The van der Waals surface area contributed by atoms with Gasteiger partial charge in [0.05, 0.1) is 11.6 Å². The van der Waals surface area contributed by atoms with E-state index >= 15 is 0 Å². The van der Waals surface area contributed by atoms with Crippen molar-refractivity contribution in [2.45, 2.75) is 6.42 Å². The van der Waals surface area contributed by atoms with Crippen molar-refractivity contribution in [3.05, 3.63) is 59.4 Å². The van der Waals surface area contributed by atoms with E-state index in [0.29, 0.717) is 17.4 Å². The molecule has 0 atom stereocenters. The van der Waals surface area contributed by atoms with E-state index in [9.17, 15) is 4.39 Å². The van der Waals surface area contributed by atoms with E-state index in [0.717, 1.165) is 18.7 Å². The SMILES string of the molecule is Fc1ccc(OCCCNc2ccccc2)c(Cl)c1. The van der Waals surface area contributed by atoms with Crippen LogP contribution in [-0.2, 0) is 0 Å². The van der Waals surface area contributed by atoms with Crippen LogP contribution in [0.1, 0.15) is 6.42 Å². The van der Waals surface area contributed by atoms with Gasteiger partial charge in [0.15, 0.2) is 0 Å². The smallest absolute Gasteiger partial charge is 0.138 e. The summed E-state index contributed by atoms with van der Waals surface area (Å²) in [6.07, 6.45) is 0.836. The van der Waals surface area contributed by atoms with Crippen LogP contribution in [0.2, 0.25) is 5.02 Å². The van der Waals surface area contributed by atoms with Gasteiger partial charge in [-0.3, -0.25) is 0 Å². The molecule has 100 valence electrons. The Balaban J connectivity index is 1.69. The zero-order valence-electron chi connectivity index (χ0n) is 10.4. The first kappa shape index (κ1) is 13.7. The fourth-order valence-electron chi connectivity index (χ4n) is 1.64. The monoisotopic (exact) mass is 279 g/mol. The number of hydrogen-bond acceptors (Lipinski definition) is 2. The highest BCUT2D eigenvalue weighted by molar-refractivity contribution is 6.32. The normalized spacial score (nSPS) is 10.2. The molecular weight excluding hydrogens is 265 g/mol. The molecule has 0 unspecified atom stereocenters. The third-order valence-corrected chi connectivity index (χ3v) is 2.87. The summed E-state index contributed by atoms with van der Waals surface area (Å²) in [4.78, 5) is 0. The number of hydrogen-bond donors (Lipinski definition) is 1. The summed E-state index contributed by atoms with van der Waals surface area (Å²) < 4.78 is 18.3. The Morgan fingerprint density at radius 2 is 1.89 bits per heavy atom. The average Bonchev–Trinajstić information content (AvgIpc) is 2.42. The predicted octanol–water partition coefficient (Wildman–Crippen LogP) is 4.36. The number of anilines is 1. The molecule has 0 heterocycles. The standard InChI is InChI=1S/C15H15ClFNO/c16-14-11-12(17)7-8-15(14)19-10-4-9-18-13-5-2-1-3-6-13/h1-3,5-8,11,18H,4,9-10H2. The van der Waals surface area contributed by atoms with Crippen molar-refractivity contribution in [3.63, 3.8) is 0 Å². The Hall–Kier alpha value is -1.74. The molecule has 19 heavy (non-hydrogen) atoms. The van der Waals surface area contributed by atoms with Gasteiger partial charge in [0.25, 0.3) is 0 Å². The molecule has 0 saturated carbocycles. The quantitative estimate of drug-likeness (QED) is 0.793. The van der Waals surface area contributed by atoms with Gasteiger partial charge in [-0.15, -0.1) is 0 Å². The van der Waals surface area contributed by atoms with Gasteiger partial charge < -0.3 is 10.1 Å². The minimum Gasteiger partial charge on any atom is -0.492 e. The van der Waals surface area contributed by atoms with E-state index in [1.165, 1.54) is 12.1 Å². The zero-order valence-corrected chi connectivity index (χ0v) is 11.2. The molecule has 1 N–H and O–H groups in total. The van der Waals surface area contributed by atoms with Gasteiger partial charge in [-0.25, -0.2) is 4.39 Å². The first-order valence-corrected chi connectivity index (χ1v) is 6.50. The van der Waals surface area contributed by atoms with E-state index in [2.05, 4.69) is 5.32 Å². The maximum atomic E-state index is 12.8. The number of halogens is 2. The van der Waals surface area contributed by atoms with Crippen LogP contribution >= 0.6 is 11.6 Å². The van der Waals surface area contributed by atoms with Crippen LogP contribution in [0.25, 0.3) is 0 Å². The summed E-state index contributed by atoms with van der Waals surface area (Å²) in [7, 11) is 0. The number of benzene rings is 2. The molecule has 0 radical (unpaired) electrons. The van der Waals surface area contributed by atoms with Gasteiger partial charge >= 0.3 is 0 Å². The molecule has 4 heteroatoms. The van der Waals surface area contributed by atoms with Crippen molar-refractivity contribution in [1.82, 2.24) is 0 Å². The number of nitrogens with one attached hydrogen (secondary N) is 1. The van der Waals surface area contributed by atoms with Crippen LogP contribution in [0.4, 0.5) is 10.1 Å². The fraction of sp³-hybridized carbons (Fsp3) is 0.200. The maximum absolute atomic E-state index is 12.8. The van der Waals surface area contributed by atoms with Crippen molar-refractivity contribution in [2.75, 3.05) is 18.5 Å². The van der Waals surface area contributed by atoms with Gasteiger partial charge in [-0.2, -0.15) is 0 Å². The van der Waals surface area contributed by atoms with Gasteiger partial charge in [-0.05, 0) is 36.8 Å². The molecule has 0 aliphatic heterocycles. The third-order valence-electron chi connectivity index (χ3n) is 2.58. The first-order chi connectivity index (χ1) is 9.25. The van der Waals surface area contributed by atoms with Crippen molar-refractivity contribution >= 4 is 17.3 Å². The topological polar surface area (TPSA) is 21.3 Å². The molecule has 0 aliphatic carbocycles. The summed E-state index contributed by atoms with van der Waals surface area (Å²) >= 11 is 5.86. The third kappa shape index (κ3) is 4.45. The molecule has 0 aromatic heterocycles. The molecule has 2 aromatic rings. The summed E-state index contributed by atoms with van der Waals surface area (Å²) in [5.74, 6) is 0.158. The number of para-hydroxylation sites is 1. The van der Waals surface area contributed by atoms with E-state index in [4.69, 9.17) is 16.3 Å². The van der Waals surface area contributed by atoms with Crippen molar-refractivity contribution < 1.29 is 9.13 Å². The molecule has 0 spiro atoms. The second-order valence-electron chi connectivity index (χ2n) is 4.07. The Labute approximate surface area is 117 Å². The summed E-state index contributed by atoms with van der Waals surface area (Å²) in [6.45, 7) is 1.34. The molecule has 2 nitrogen and oxygen atoms in total. The number of ether oxygens (including phenoxy) is 1. The Morgan fingerprint density at radius 3 is 2.63 bits per heavy atom. The predicted molar refractivity (Wildman–Crippen MR) is 76.5 cm³/mol. The molecule has 2 rings (SSSR count). The lowest BCUT2D eigenvalue weighted by atomic mass is 10.3. The van der Waals surface area contributed by atoms with Gasteiger partial charge in [0, 0.05) is 12.2 Å². The summed E-state index contributed by atoms with van der Waals surface area (Å²) in [5.41, 5.74) is 1.09. The highest BCUT2D eigenvalue weighted by Gasteiger charge is 2.02. The fourth-order valence-corrected chi connectivity index (χ4v) is 1.86. The number of rotatable bonds is 6. The van der Waals surface area contributed by atoms with Crippen LogP contribution in [0.3, 0.4) is 0 Å².